The minimum atomic E-state index is 0.101. The summed E-state index contributed by atoms with van der Waals surface area (Å²) >= 11 is 1.83. The van der Waals surface area contributed by atoms with Gasteiger partial charge in [-0.1, -0.05) is 50.2 Å². The second kappa shape index (κ2) is 8.88. The van der Waals surface area contributed by atoms with Crippen molar-refractivity contribution in [2.24, 2.45) is 4.99 Å². The summed E-state index contributed by atoms with van der Waals surface area (Å²) in [5, 5.41) is 9.46. The highest BCUT2D eigenvalue weighted by Gasteiger charge is 2.40. The summed E-state index contributed by atoms with van der Waals surface area (Å²) < 4.78 is 0. The van der Waals surface area contributed by atoms with Crippen LogP contribution in [0.5, 0.6) is 0 Å². The van der Waals surface area contributed by atoms with Crippen LogP contribution in [0.1, 0.15) is 50.0 Å². The van der Waals surface area contributed by atoms with Gasteiger partial charge in [0.15, 0.2) is 5.96 Å². The van der Waals surface area contributed by atoms with Gasteiger partial charge >= 0.3 is 0 Å². The second-order valence-corrected chi connectivity index (χ2v) is 10.1. The Morgan fingerprint density at radius 1 is 1.10 bits per heavy atom. The maximum Gasteiger partial charge on any atom is 0.191 e. The molecule has 0 saturated carbocycles. The van der Waals surface area contributed by atoms with Crippen molar-refractivity contribution in [2.45, 2.75) is 69.6 Å². The van der Waals surface area contributed by atoms with E-state index >= 15 is 0 Å². The lowest BCUT2D eigenvalue weighted by Gasteiger charge is -2.40. The molecular weight excluding hydrogens is 376 g/mol. The van der Waals surface area contributed by atoms with Crippen molar-refractivity contribution in [2.75, 3.05) is 13.6 Å². The van der Waals surface area contributed by atoms with Crippen LogP contribution in [0.3, 0.4) is 0 Å². The van der Waals surface area contributed by atoms with Crippen LogP contribution in [-0.2, 0) is 12.0 Å². The molecule has 2 saturated heterocycles. The molecule has 2 atom stereocenters. The van der Waals surface area contributed by atoms with Gasteiger partial charge in [-0.25, -0.2) is 0 Å². The van der Waals surface area contributed by atoms with Crippen LogP contribution in [0.4, 0.5) is 0 Å². The fraction of sp³-hybridized carbons (Fsp3) is 0.542. The second-order valence-electron chi connectivity index (χ2n) is 9.14. The molecule has 0 radical (unpaired) electrons. The van der Waals surface area contributed by atoms with E-state index in [1.54, 1.807) is 0 Å². The van der Waals surface area contributed by atoms with Crippen molar-refractivity contribution in [1.82, 2.24) is 15.5 Å². The zero-order valence-electron chi connectivity index (χ0n) is 17.9. The SMILES string of the molecule is CN=C(NCC(C)(C)c1cccs1)NC1CC2CCC(C1)N2Cc1ccccc1. The summed E-state index contributed by atoms with van der Waals surface area (Å²) in [5.74, 6) is 0.940. The topological polar surface area (TPSA) is 39.7 Å². The Morgan fingerprint density at radius 2 is 1.83 bits per heavy atom. The van der Waals surface area contributed by atoms with Crippen molar-refractivity contribution in [3.8, 4) is 0 Å². The van der Waals surface area contributed by atoms with E-state index in [2.05, 4.69) is 82.2 Å². The number of nitrogens with one attached hydrogen (secondary N) is 2. The van der Waals surface area contributed by atoms with Gasteiger partial charge < -0.3 is 10.6 Å². The molecular formula is C24H34N4S. The number of benzene rings is 1. The van der Waals surface area contributed by atoms with Gasteiger partial charge in [0.05, 0.1) is 0 Å². The van der Waals surface area contributed by atoms with Crippen molar-refractivity contribution in [3.63, 3.8) is 0 Å². The van der Waals surface area contributed by atoms with E-state index in [1.807, 2.05) is 18.4 Å². The highest BCUT2D eigenvalue weighted by atomic mass is 32.1. The molecule has 1 aromatic heterocycles. The molecule has 2 fully saturated rings. The minimum Gasteiger partial charge on any atom is -0.356 e. The van der Waals surface area contributed by atoms with E-state index < -0.39 is 0 Å². The van der Waals surface area contributed by atoms with E-state index in [4.69, 9.17) is 0 Å². The predicted octanol–water partition coefficient (Wildman–Crippen LogP) is 4.39. The quantitative estimate of drug-likeness (QED) is 0.548. The molecule has 0 spiro atoms. The van der Waals surface area contributed by atoms with Gasteiger partial charge in [0, 0.05) is 48.6 Å². The van der Waals surface area contributed by atoms with Gasteiger partial charge in [0.25, 0.3) is 0 Å². The van der Waals surface area contributed by atoms with Crippen molar-refractivity contribution in [3.05, 3.63) is 58.3 Å². The molecule has 2 aliphatic heterocycles. The zero-order chi connectivity index (χ0) is 20.3. The molecule has 3 heterocycles. The monoisotopic (exact) mass is 410 g/mol. The number of hydrogen-bond acceptors (Lipinski definition) is 3. The number of hydrogen-bond donors (Lipinski definition) is 2. The van der Waals surface area contributed by atoms with E-state index in [9.17, 15) is 0 Å². The van der Waals surface area contributed by atoms with E-state index in [-0.39, 0.29) is 5.41 Å². The van der Waals surface area contributed by atoms with Crippen LogP contribution in [0.2, 0.25) is 0 Å². The number of thiophene rings is 1. The third kappa shape index (κ3) is 4.84. The maximum atomic E-state index is 4.51. The lowest BCUT2D eigenvalue weighted by Crippen LogP contribution is -2.53. The summed E-state index contributed by atoms with van der Waals surface area (Å²) in [6.45, 7) is 6.56. The van der Waals surface area contributed by atoms with E-state index in [1.165, 1.54) is 36.1 Å². The molecule has 5 heteroatoms. The van der Waals surface area contributed by atoms with Gasteiger partial charge in [0.1, 0.15) is 0 Å². The van der Waals surface area contributed by atoms with Crippen molar-refractivity contribution >= 4 is 17.3 Å². The Kier molecular flexibility index (Phi) is 6.26. The number of piperidine rings is 1. The fourth-order valence-corrected chi connectivity index (χ4v) is 5.74. The Balaban J connectivity index is 1.31. The molecule has 2 unspecified atom stereocenters. The maximum absolute atomic E-state index is 4.51. The van der Waals surface area contributed by atoms with Crippen molar-refractivity contribution in [1.29, 1.82) is 0 Å². The van der Waals surface area contributed by atoms with Gasteiger partial charge in [-0.3, -0.25) is 9.89 Å². The summed E-state index contributed by atoms with van der Waals surface area (Å²) in [7, 11) is 1.88. The van der Waals surface area contributed by atoms with Gasteiger partial charge in [-0.2, -0.15) is 0 Å². The third-order valence-corrected chi connectivity index (χ3v) is 7.78. The first-order valence-corrected chi connectivity index (χ1v) is 11.7. The normalized spacial score (nSPS) is 25.2. The largest absolute Gasteiger partial charge is 0.356 e. The van der Waals surface area contributed by atoms with Crippen LogP contribution < -0.4 is 10.6 Å². The Bertz CT molecular complexity index is 786. The molecule has 2 aliphatic rings. The molecule has 2 aromatic rings. The molecule has 156 valence electrons. The molecule has 29 heavy (non-hydrogen) atoms. The van der Waals surface area contributed by atoms with Crippen LogP contribution in [-0.4, -0.2) is 42.6 Å². The van der Waals surface area contributed by atoms with E-state index in [0.29, 0.717) is 18.1 Å². The fourth-order valence-electron chi connectivity index (χ4n) is 4.89. The van der Waals surface area contributed by atoms with Crippen LogP contribution in [0.25, 0.3) is 0 Å². The number of nitrogens with zero attached hydrogens (tertiary/aromatic N) is 2. The first-order valence-electron chi connectivity index (χ1n) is 10.9. The van der Waals surface area contributed by atoms with Gasteiger partial charge in [0.2, 0.25) is 0 Å². The highest BCUT2D eigenvalue weighted by molar-refractivity contribution is 7.10. The number of rotatable bonds is 6. The smallest absolute Gasteiger partial charge is 0.191 e. The highest BCUT2D eigenvalue weighted by Crippen LogP contribution is 2.36. The lowest BCUT2D eigenvalue weighted by molar-refractivity contribution is 0.114. The van der Waals surface area contributed by atoms with Crippen LogP contribution in [0, 0.1) is 0 Å². The molecule has 4 rings (SSSR count). The number of fused-ring (bicyclic) bond motifs is 2. The lowest BCUT2D eigenvalue weighted by atomic mass is 9.91. The summed E-state index contributed by atoms with van der Waals surface area (Å²) in [6, 6.07) is 17.2. The Hall–Kier alpha value is -1.85. The Labute approximate surface area is 179 Å². The number of guanidine groups is 1. The summed E-state index contributed by atoms with van der Waals surface area (Å²) in [4.78, 5) is 8.66. The first kappa shape index (κ1) is 20.4. The molecule has 2 bridgehead atoms. The zero-order valence-corrected chi connectivity index (χ0v) is 18.7. The summed E-state index contributed by atoms with van der Waals surface area (Å²) in [5.41, 5.74) is 1.54. The molecule has 1 aromatic carbocycles. The first-order chi connectivity index (χ1) is 14.0. The predicted molar refractivity (Wildman–Crippen MR) is 124 cm³/mol. The van der Waals surface area contributed by atoms with E-state index in [0.717, 1.165) is 19.0 Å². The van der Waals surface area contributed by atoms with Gasteiger partial charge in [-0.15, -0.1) is 11.3 Å². The molecule has 2 N–H and O–H groups in total. The average Bonchev–Trinajstić information content (AvgIpc) is 3.34. The average molecular weight is 411 g/mol. The van der Waals surface area contributed by atoms with Crippen molar-refractivity contribution < 1.29 is 0 Å². The third-order valence-electron chi connectivity index (χ3n) is 6.54. The van der Waals surface area contributed by atoms with Crippen LogP contribution >= 0.6 is 11.3 Å². The summed E-state index contributed by atoms with van der Waals surface area (Å²) in [6.07, 6.45) is 5.07. The van der Waals surface area contributed by atoms with Crippen LogP contribution in [0.15, 0.2) is 52.8 Å². The van der Waals surface area contributed by atoms with Gasteiger partial charge in [-0.05, 0) is 42.7 Å². The molecule has 0 amide bonds. The Morgan fingerprint density at radius 3 is 2.45 bits per heavy atom. The number of aliphatic imine (C=N–C) groups is 1. The standard InChI is InChI=1S/C24H34N4S/c1-24(2,22-10-7-13-29-22)17-26-23(25-3)27-19-14-20-11-12-21(15-19)28(20)16-18-8-5-4-6-9-18/h4-10,13,19-21H,11-12,14-17H2,1-3H3,(H2,25,26,27). The molecule has 0 aliphatic carbocycles. The molecule has 4 nitrogen and oxygen atoms in total. The minimum absolute atomic E-state index is 0.101.